The number of para-hydroxylation sites is 2. The predicted octanol–water partition coefficient (Wildman–Crippen LogP) is 9.06. The molecule has 2 aliphatic heterocycles. The molecule has 46 heavy (non-hydrogen) atoms. The standard InChI is InChI=1S/C34H20Cl4N4O4/c1-17(29-31(20-6-2-4-8-26(20)43)39-41(33(29)44)18-10-12-22(35)24(37)15-18)14-28-30-32(21-7-3-5-9-27(21)46-28)40-42(34(30)45)19-11-13-23(36)25(38)16-19/h2-16,43,45H,1H3/b28-14-,29-17-. The molecule has 3 heterocycles. The number of hydrogen-bond acceptors (Lipinski definition) is 6. The number of aromatic hydroxyl groups is 2. The summed E-state index contributed by atoms with van der Waals surface area (Å²) in [5.41, 5.74) is 3.49. The second kappa shape index (κ2) is 11.6. The van der Waals surface area contributed by atoms with E-state index in [1.165, 1.54) is 21.8 Å². The molecule has 0 saturated carbocycles. The molecule has 2 aliphatic rings. The van der Waals surface area contributed by atoms with Crippen LogP contribution in [0.2, 0.25) is 20.1 Å². The van der Waals surface area contributed by atoms with E-state index < -0.39 is 5.91 Å². The highest BCUT2D eigenvalue weighted by Crippen LogP contribution is 2.46. The number of halogens is 4. The number of nitrogens with zero attached hydrogens (tertiary/aromatic N) is 4. The highest BCUT2D eigenvalue weighted by molar-refractivity contribution is 6.43. The predicted molar refractivity (Wildman–Crippen MR) is 181 cm³/mol. The quantitative estimate of drug-likeness (QED) is 0.183. The topological polar surface area (TPSA) is 100 Å². The number of amides is 1. The van der Waals surface area contributed by atoms with Crippen molar-refractivity contribution in [1.82, 2.24) is 9.78 Å². The first-order chi connectivity index (χ1) is 22.1. The van der Waals surface area contributed by atoms with Crippen LogP contribution in [0.15, 0.2) is 107 Å². The van der Waals surface area contributed by atoms with Crippen molar-refractivity contribution in [1.29, 1.82) is 0 Å². The minimum absolute atomic E-state index is 0.0614. The summed E-state index contributed by atoms with van der Waals surface area (Å²) in [6.45, 7) is 1.72. The number of benzene rings is 4. The third kappa shape index (κ3) is 5.00. The van der Waals surface area contributed by atoms with Gasteiger partial charge in [-0.05, 0) is 79.2 Å². The number of ether oxygens (including phenoxy) is 1. The van der Waals surface area contributed by atoms with Gasteiger partial charge < -0.3 is 14.9 Å². The van der Waals surface area contributed by atoms with E-state index in [1.54, 1.807) is 67.6 Å². The van der Waals surface area contributed by atoms with Crippen LogP contribution in [-0.4, -0.2) is 31.6 Å². The van der Waals surface area contributed by atoms with Gasteiger partial charge in [0.1, 0.15) is 34.2 Å². The normalized spacial score (nSPS) is 15.8. The summed E-state index contributed by atoms with van der Waals surface area (Å²) in [4.78, 5) is 14.1. The molecule has 0 fully saturated rings. The minimum Gasteiger partial charge on any atom is -0.507 e. The third-order valence-corrected chi connectivity index (χ3v) is 8.99. The molecule has 12 heteroatoms. The number of phenols is 1. The number of aromatic nitrogens is 2. The van der Waals surface area contributed by atoms with Crippen molar-refractivity contribution in [3.05, 3.63) is 133 Å². The number of hydrazone groups is 1. The maximum atomic E-state index is 14.1. The summed E-state index contributed by atoms with van der Waals surface area (Å²) in [5, 5.41) is 34.1. The van der Waals surface area contributed by atoms with Crippen molar-refractivity contribution in [2.75, 3.05) is 5.01 Å². The fourth-order valence-corrected chi connectivity index (χ4v) is 5.91. The van der Waals surface area contributed by atoms with Gasteiger partial charge in [0.2, 0.25) is 5.88 Å². The minimum atomic E-state index is -0.474. The largest absolute Gasteiger partial charge is 0.507 e. The van der Waals surface area contributed by atoms with Gasteiger partial charge in [0.05, 0.1) is 37.0 Å². The molecule has 2 N–H and O–H groups in total. The number of allylic oxidation sites excluding steroid dienone is 2. The van der Waals surface area contributed by atoms with Crippen LogP contribution in [0, 0.1) is 0 Å². The molecule has 4 aromatic carbocycles. The molecule has 0 saturated heterocycles. The fourth-order valence-electron chi connectivity index (χ4n) is 5.32. The van der Waals surface area contributed by atoms with Crippen LogP contribution in [0.4, 0.5) is 5.69 Å². The first-order valence-corrected chi connectivity index (χ1v) is 15.3. The first-order valence-electron chi connectivity index (χ1n) is 13.8. The number of fused-ring (bicyclic) bond motifs is 3. The molecule has 0 radical (unpaired) electrons. The summed E-state index contributed by atoms with van der Waals surface area (Å²) in [6.07, 6.45) is 1.64. The lowest BCUT2D eigenvalue weighted by molar-refractivity contribution is -0.114. The fraction of sp³-hybridized carbons (Fsp3) is 0.0294. The van der Waals surface area contributed by atoms with Gasteiger partial charge in [-0.3, -0.25) is 4.79 Å². The Morgan fingerprint density at radius 1 is 0.804 bits per heavy atom. The number of phenolic OH excluding ortho intramolecular Hbond substituents is 1. The lowest BCUT2D eigenvalue weighted by Gasteiger charge is -2.19. The number of rotatable bonds is 4. The van der Waals surface area contributed by atoms with Gasteiger partial charge in [-0.25, -0.2) is 0 Å². The van der Waals surface area contributed by atoms with E-state index in [0.29, 0.717) is 60.1 Å². The maximum absolute atomic E-state index is 14.1. The molecule has 0 atom stereocenters. The van der Waals surface area contributed by atoms with Gasteiger partial charge in [0.25, 0.3) is 5.91 Å². The van der Waals surface area contributed by atoms with Crippen molar-refractivity contribution >= 4 is 69.5 Å². The summed E-state index contributed by atoms with van der Waals surface area (Å²) in [7, 11) is 0. The van der Waals surface area contributed by atoms with E-state index in [9.17, 15) is 15.0 Å². The van der Waals surface area contributed by atoms with E-state index >= 15 is 0 Å². The molecule has 0 bridgehead atoms. The Morgan fingerprint density at radius 2 is 1.43 bits per heavy atom. The highest BCUT2D eigenvalue weighted by atomic mass is 35.5. The van der Waals surface area contributed by atoms with Crippen LogP contribution in [-0.2, 0) is 4.79 Å². The molecule has 1 amide bonds. The molecule has 7 rings (SSSR count). The number of carbonyl (C=O) groups excluding carboxylic acids is 1. The molecule has 5 aromatic rings. The Kier molecular flexibility index (Phi) is 7.53. The Balaban J connectivity index is 1.42. The third-order valence-electron chi connectivity index (χ3n) is 7.51. The Bertz CT molecular complexity index is 2210. The van der Waals surface area contributed by atoms with Crippen molar-refractivity contribution in [3.8, 4) is 34.3 Å². The first kappa shape index (κ1) is 30.0. The van der Waals surface area contributed by atoms with E-state index in [-0.39, 0.29) is 33.7 Å². The van der Waals surface area contributed by atoms with Crippen LogP contribution >= 0.6 is 46.4 Å². The van der Waals surface area contributed by atoms with Gasteiger partial charge in [-0.15, -0.1) is 0 Å². The second-order valence-corrected chi connectivity index (χ2v) is 12.0. The van der Waals surface area contributed by atoms with E-state index in [0.717, 1.165) is 0 Å². The van der Waals surface area contributed by atoms with Crippen molar-refractivity contribution in [2.24, 2.45) is 5.10 Å². The van der Waals surface area contributed by atoms with Crippen LogP contribution in [0.5, 0.6) is 17.4 Å². The molecule has 0 spiro atoms. The van der Waals surface area contributed by atoms with Gasteiger partial charge >= 0.3 is 0 Å². The van der Waals surface area contributed by atoms with Crippen LogP contribution < -0.4 is 9.75 Å². The Hall–Kier alpha value is -4.73. The maximum Gasteiger partial charge on any atom is 0.281 e. The molecule has 0 unspecified atom stereocenters. The van der Waals surface area contributed by atoms with Gasteiger partial charge in [0.15, 0.2) is 0 Å². The average Bonchev–Trinajstić information content (AvgIpc) is 3.57. The zero-order valence-corrected chi connectivity index (χ0v) is 26.7. The monoisotopic (exact) mass is 688 g/mol. The van der Waals surface area contributed by atoms with E-state index in [4.69, 9.17) is 56.2 Å². The summed E-state index contributed by atoms with van der Waals surface area (Å²) < 4.78 is 7.67. The summed E-state index contributed by atoms with van der Waals surface area (Å²) >= 11 is 24.8. The summed E-state index contributed by atoms with van der Waals surface area (Å²) in [6, 6.07) is 23.5. The van der Waals surface area contributed by atoms with E-state index in [2.05, 4.69) is 5.10 Å². The highest BCUT2D eigenvalue weighted by Gasteiger charge is 2.36. The van der Waals surface area contributed by atoms with Crippen LogP contribution in [0.25, 0.3) is 22.7 Å². The van der Waals surface area contributed by atoms with Crippen molar-refractivity contribution in [3.63, 3.8) is 0 Å². The molecule has 1 aromatic heterocycles. The lowest BCUT2D eigenvalue weighted by atomic mass is 9.95. The van der Waals surface area contributed by atoms with Crippen molar-refractivity contribution < 1.29 is 19.7 Å². The Labute approximate surface area is 282 Å². The molecular weight excluding hydrogens is 670 g/mol. The van der Waals surface area contributed by atoms with Gasteiger partial charge in [-0.2, -0.15) is 19.9 Å². The lowest BCUT2D eigenvalue weighted by Crippen LogP contribution is -2.22. The molecular formula is C34H20Cl4N4O4. The van der Waals surface area contributed by atoms with E-state index in [1.807, 2.05) is 18.2 Å². The zero-order chi connectivity index (χ0) is 32.3. The number of carbonyl (C=O) groups is 1. The van der Waals surface area contributed by atoms with Crippen molar-refractivity contribution in [2.45, 2.75) is 6.92 Å². The number of hydrogen-bond donors (Lipinski definition) is 2. The Morgan fingerprint density at radius 3 is 2.13 bits per heavy atom. The smallest absolute Gasteiger partial charge is 0.281 e. The van der Waals surface area contributed by atoms with Gasteiger partial charge in [-0.1, -0.05) is 70.7 Å². The molecule has 0 aliphatic carbocycles. The zero-order valence-electron chi connectivity index (χ0n) is 23.7. The number of anilines is 1. The second-order valence-electron chi connectivity index (χ2n) is 10.4. The molecule has 228 valence electrons. The SMILES string of the molecule is CC(/C=C1\Oc2ccccc2-c2nn(-c3ccc(Cl)c(Cl)c3)c(O)c21)=C1/C(=O)N(c2ccc(Cl)c(Cl)c2)N=C1c1ccccc1O. The summed E-state index contributed by atoms with van der Waals surface area (Å²) in [5.74, 6) is -0.00826. The molecule has 8 nitrogen and oxygen atoms in total. The van der Waals surface area contributed by atoms with Crippen LogP contribution in [0.3, 0.4) is 0 Å². The van der Waals surface area contributed by atoms with Crippen LogP contribution in [0.1, 0.15) is 18.1 Å². The van der Waals surface area contributed by atoms with Gasteiger partial charge in [0, 0.05) is 11.1 Å². The average molecular weight is 690 g/mol.